The zero-order chi connectivity index (χ0) is 14.7. The first-order chi connectivity index (χ1) is 9.47. The van der Waals surface area contributed by atoms with Crippen LogP contribution in [0.1, 0.15) is 35.3 Å². The number of carbonyl (C=O) groups is 1. The van der Waals surface area contributed by atoms with Crippen molar-refractivity contribution in [2.24, 2.45) is 5.92 Å². The fraction of sp³-hybridized carbons (Fsp3) is 0.235. The van der Waals surface area contributed by atoms with Crippen LogP contribution in [0.3, 0.4) is 0 Å². The van der Waals surface area contributed by atoms with Gasteiger partial charge in [0.2, 0.25) is 0 Å². The van der Waals surface area contributed by atoms with E-state index in [-0.39, 0.29) is 10.8 Å². The minimum Gasteiger partial charge on any atom is -0.289 e. The molecule has 0 N–H and O–H groups in total. The molecule has 0 amide bonds. The largest absolute Gasteiger partial charge is 0.289 e. The molecule has 2 aromatic carbocycles. The number of rotatable bonds is 4. The maximum Gasteiger partial charge on any atom is 0.193 e. The van der Waals surface area contributed by atoms with Crippen molar-refractivity contribution < 1.29 is 9.18 Å². The third-order valence-electron chi connectivity index (χ3n) is 3.01. The molecule has 0 aliphatic rings. The van der Waals surface area contributed by atoms with E-state index in [1.165, 1.54) is 12.1 Å². The SMILES string of the molecule is CC(C)Cc1cccc(C(=O)c2ccc(Cl)c(F)c2)c1. The Morgan fingerprint density at radius 3 is 2.50 bits per heavy atom. The molecule has 104 valence electrons. The molecule has 0 aromatic heterocycles. The number of ketones is 1. The molecular formula is C17H16ClFO. The molecule has 0 fully saturated rings. The Morgan fingerprint density at radius 1 is 1.15 bits per heavy atom. The van der Waals surface area contributed by atoms with Gasteiger partial charge in [0, 0.05) is 11.1 Å². The Kier molecular flexibility index (Phi) is 4.56. The number of carbonyl (C=O) groups excluding carboxylic acids is 1. The van der Waals surface area contributed by atoms with Crippen LogP contribution >= 0.6 is 11.6 Å². The van der Waals surface area contributed by atoms with Gasteiger partial charge >= 0.3 is 0 Å². The first kappa shape index (κ1) is 14.7. The minimum absolute atomic E-state index is 0.0232. The van der Waals surface area contributed by atoms with Crippen LogP contribution in [0.15, 0.2) is 42.5 Å². The van der Waals surface area contributed by atoms with Gasteiger partial charge in [0.15, 0.2) is 5.78 Å². The van der Waals surface area contributed by atoms with Gasteiger partial charge in [-0.25, -0.2) is 4.39 Å². The summed E-state index contributed by atoms with van der Waals surface area (Å²) in [7, 11) is 0. The topological polar surface area (TPSA) is 17.1 Å². The standard InChI is InChI=1S/C17H16ClFO/c1-11(2)8-12-4-3-5-13(9-12)17(20)14-6-7-15(18)16(19)10-14/h3-7,9-11H,8H2,1-2H3. The lowest BCUT2D eigenvalue weighted by molar-refractivity contribution is 0.103. The highest BCUT2D eigenvalue weighted by molar-refractivity contribution is 6.30. The van der Waals surface area contributed by atoms with Crippen LogP contribution in [0.2, 0.25) is 5.02 Å². The number of halogens is 2. The molecule has 3 heteroatoms. The average molecular weight is 291 g/mol. The molecule has 1 nitrogen and oxygen atoms in total. The predicted molar refractivity (Wildman–Crippen MR) is 79.8 cm³/mol. The molecular weight excluding hydrogens is 275 g/mol. The Labute approximate surface area is 123 Å². The van der Waals surface area contributed by atoms with Crippen molar-refractivity contribution in [3.05, 3.63) is 70.0 Å². The highest BCUT2D eigenvalue weighted by Crippen LogP contribution is 2.19. The summed E-state index contributed by atoms with van der Waals surface area (Å²) >= 11 is 5.63. The van der Waals surface area contributed by atoms with Crippen molar-refractivity contribution >= 4 is 17.4 Å². The zero-order valence-corrected chi connectivity index (χ0v) is 12.2. The van der Waals surface area contributed by atoms with Crippen LogP contribution in [-0.4, -0.2) is 5.78 Å². The second-order valence-electron chi connectivity index (χ2n) is 5.26. The molecule has 0 unspecified atom stereocenters. The minimum atomic E-state index is -0.573. The van der Waals surface area contributed by atoms with Crippen LogP contribution in [0.5, 0.6) is 0 Å². The lowest BCUT2D eigenvalue weighted by atomic mass is 9.97. The summed E-state index contributed by atoms with van der Waals surface area (Å²) in [6.45, 7) is 4.26. The van der Waals surface area contributed by atoms with Crippen molar-refractivity contribution in [1.82, 2.24) is 0 Å². The number of benzene rings is 2. The molecule has 2 aromatic rings. The van der Waals surface area contributed by atoms with Crippen LogP contribution < -0.4 is 0 Å². The normalized spacial score (nSPS) is 10.8. The molecule has 20 heavy (non-hydrogen) atoms. The van der Waals surface area contributed by atoms with Crippen LogP contribution in [-0.2, 0) is 6.42 Å². The van der Waals surface area contributed by atoms with E-state index in [1.807, 2.05) is 18.2 Å². The molecule has 0 heterocycles. The summed E-state index contributed by atoms with van der Waals surface area (Å²) in [4.78, 5) is 12.3. The third-order valence-corrected chi connectivity index (χ3v) is 3.32. The van der Waals surface area contributed by atoms with Crippen molar-refractivity contribution in [1.29, 1.82) is 0 Å². The Bertz CT molecular complexity index is 635. The molecule has 0 spiro atoms. The number of hydrogen-bond donors (Lipinski definition) is 0. The van der Waals surface area contributed by atoms with E-state index < -0.39 is 5.82 Å². The summed E-state index contributed by atoms with van der Waals surface area (Å²) in [5.41, 5.74) is 2.00. The predicted octanol–water partition coefficient (Wildman–Crippen LogP) is 4.91. The van der Waals surface area contributed by atoms with Gasteiger partial charge in [0.05, 0.1) is 5.02 Å². The van der Waals surface area contributed by atoms with Gasteiger partial charge in [-0.15, -0.1) is 0 Å². The summed E-state index contributed by atoms with van der Waals surface area (Å²) in [6, 6.07) is 11.6. The van der Waals surface area contributed by atoms with Gasteiger partial charge in [-0.1, -0.05) is 43.6 Å². The summed E-state index contributed by atoms with van der Waals surface area (Å²) in [5.74, 6) is -0.240. The lowest BCUT2D eigenvalue weighted by Gasteiger charge is -2.07. The highest BCUT2D eigenvalue weighted by atomic mass is 35.5. The highest BCUT2D eigenvalue weighted by Gasteiger charge is 2.12. The first-order valence-corrected chi connectivity index (χ1v) is 6.94. The smallest absolute Gasteiger partial charge is 0.193 e. The lowest BCUT2D eigenvalue weighted by Crippen LogP contribution is -2.03. The Morgan fingerprint density at radius 2 is 1.85 bits per heavy atom. The maximum atomic E-state index is 13.4. The van der Waals surface area contributed by atoms with Crippen molar-refractivity contribution in [2.45, 2.75) is 20.3 Å². The summed E-state index contributed by atoms with van der Waals surface area (Å²) < 4.78 is 13.4. The van der Waals surface area contributed by atoms with Crippen molar-refractivity contribution in [2.75, 3.05) is 0 Å². The summed E-state index contributed by atoms with van der Waals surface area (Å²) in [6.07, 6.45) is 0.913. The Balaban J connectivity index is 2.30. The Hall–Kier alpha value is -1.67. The van der Waals surface area contributed by atoms with E-state index in [0.29, 0.717) is 17.0 Å². The van der Waals surface area contributed by atoms with Crippen molar-refractivity contribution in [3.63, 3.8) is 0 Å². The van der Waals surface area contributed by atoms with E-state index in [1.54, 1.807) is 12.1 Å². The van der Waals surface area contributed by atoms with Gasteiger partial charge in [-0.2, -0.15) is 0 Å². The quantitative estimate of drug-likeness (QED) is 0.731. The van der Waals surface area contributed by atoms with E-state index in [2.05, 4.69) is 13.8 Å². The molecule has 0 aliphatic heterocycles. The fourth-order valence-corrected chi connectivity index (χ4v) is 2.23. The van der Waals surface area contributed by atoms with Crippen LogP contribution in [0.25, 0.3) is 0 Å². The third kappa shape index (κ3) is 3.45. The van der Waals surface area contributed by atoms with Gasteiger partial charge in [-0.3, -0.25) is 4.79 Å². The summed E-state index contributed by atoms with van der Waals surface area (Å²) in [5, 5.41) is 0.0232. The van der Waals surface area contributed by atoms with Gasteiger partial charge in [0.1, 0.15) is 5.82 Å². The van der Waals surface area contributed by atoms with Crippen LogP contribution in [0, 0.1) is 11.7 Å². The second-order valence-corrected chi connectivity index (χ2v) is 5.66. The number of hydrogen-bond acceptors (Lipinski definition) is 1. The van der Waals surface area contributed by atoms with E-state index in [4.69, 9.17) is 11.6 Å². The average Bonchev–Trinajstić information content (AvgIpc) is 2.40. The zero-order valence-electron chi connectivity index (χ0n) is 11.5. The molecule has 0 saturated carbocycles. The fourth-order valence-electron chi connectivity index (χ4n) is 2.11. The van der Waals surface area contributed by atoms with Gasteiger partial charge < -0.3 is 0 Å². The van der Waals surface area contributed by atoms with Gasteiger partial charge in [-0.05, 0) is 42.2 Å². The van der Waals surface area contributed by atoms with Crippen LogP contribution in [0.4, 0.5) is 4.39 Å². The molecule has 0 aliphatic carbocycles. The van der Waals surface area contributed by atoms with E-state index >= 15 is 0 Å². The maximum absolute atomic E-state index is 13.4. The van der Waals surface area contributed by atoms with Gasteiger partial charge in [0.25, 0.3) is 0 Å². The van der Waals surface area contributed by atoms with E-state index in [0.717, 1.165) is 12.0 Å². The second kappa shape index (κ2) is 6.19. The molecule has 0 saturated heterocycles. The molecule has 0 radical (unpaired) electrons. The van der Waals surface area contributed by atoms with Crippen molar-refractivity contribution in [3.8, 4) is 0 Å². The molecule has 0 atom stereocenters. The first-order valence-electron chi connectivity index (χ1n) is 6.56. The molecule has 0 bridgehead atoms. The molecule has 2 rings (SSSR count). The van der Waals surface area contributed by atoms with E-state index in [9.17, 15) is 9.18 Å². The monoisotopic (exact) mass is 290 g/mol.